The molecule has 1 nitrogen and oxygen atoms in total. The van der Waals surface area contributed by atoms with Gasteiger partial charge in [0.15, 0.2) is 0 Å². The summed E-state index contributed by atoms with van der Waals surface area (Å²) in [4.78, 5) is 0. The fraction of sp³-hybridized carbons (Fsp3) is 0.929. The number of hydrogen-bond acceptors (Lipinski definition) is 1. The van der Waals surface area contributed by atoms with Crippen LogP contribution in [0.4, 0.5) is 0 Å². The summed E-state index contributed by atoms with van der Waals surface area (Å²) >= 11 is 0. The van der Waals surface area contributed by atoms with E-state index < -0.39 is 0 Å². The second kappa shape index (κ2) is 4.56. The molecule has 2 unspecified atom stereocenters. The minimum atomic E-state index is 0.388. The molecule has 0 aromatic rings. The molecule has 0 heterocycles. The molecule has 0 bridgehead atoms. The van der Waals surface area contributed by atoms with Crippen molar-refractivity contribution in [2.75, 3.05) is 0 Å². The lowest BCUT2D eigenvalue weighted by Gasteiger charge is -2.44. The first kappa shape index (κ1) is 12.6. The maximum atomic E-state index is 8.96. The zero-order valence-electron chi connectivity index (χ0n) is 10.8. The van der Waals surface area contributed by atoms with Crippen molar-refractivity contribution in [3.8, 4) is 6.07 Å². The molecule has 1 aliphatic rings. The molecular weight excluding hydrogens is 182 g/mol. The summed E-state index contributed by atoms with van der Waals surface area (Å²) in [5.74, 6) is 0.602. The quantitative estimate of drug-likeness (QED) is 0.664. The molecular formula is C14H25N. The Bertz CT molecular complexity index is 249. The molecule has 0 aromatic carbocycles. The number of nitrogens with zero attached hydrogens (tertiary/aromatic N) is 1. The van der Waals surface area contributed by atoms with Crippen LogP contribution >= 0.6 is 0 Å². The summed E-state index contributed by atoms with van der Waals surface area (Å²) in [7, 11) is 0. The van der Waals surface area contributed by atoms with E-state index in [2.05, 4.69) is 33.8 Å². The van der Waals surface area contributed by atoms with Gasteiger partial charge in [0.2, 0.25) is 0 Å². The zero-order valence-corrected chi connectivity index (χ0v) is 10.8. The third-order valence-corrected chi connectivity index (χ3v) is 4.92. The van der Waals surface area contributed by atoms with Crippen LogP contribution in [-0.4, -0.2) is 0 Å². The van der Waals surface area contributed by atoms with E-state index >= 15 is 0 Å². The van der Waals surface area contributed by atoms with Crippen molar-refractivity contribution in [2.45, 2.75) is 66.2 Å². The molecule has 0 aliphatic heterocycles. The van der Waals surface area contributed by atoms with E-state index in [1.165, 1.54) is 32.1 Å². The monoisotopic (exact) mass is 207 g/mol. The molecule has 1 saturated carbocycles. The van der Waals surface area contributed by atoms with Gasteiger partial charge < -0.3 is 0 Å². The minimum Gasteiger partial charge on any atom is -0.198 e. The number of hydrogen-bond donors (Lipinski definition) is 0. The van der Waals surface area contributed by atoms with Crippen LogP contribution in [0.3, 0.4) is 0 Å². The second-order valence-electron chi connectivity index (χ2n) is 6.00. The maximum absolute atomic E-state index is 8.96. The van der Waals surface area contributed by atoms with Crippen LogP contribution in [0, 0.1) is 28.1 Å². The molecule has 0 amide bonds. The highest BCUT2D eigenvalue weighted by Gasteiger charge is 2.49. The van der Waals surface area contributed by atoms with Gasteiger partial charge >= 0.3 is 0 Å². The fourth-order valence-corrected chi connectivity index (χ4v) is 3.38. The van der Waals surface area contributed by atoms with Crippen molar-refractivity contribution in [2.24, 2.45) is 16.7 Å². The summed E-state index contributed by atoms with van der Waals surface area (Å²) in [6.45, 7) is 9.42. The smallest absolute Gasteiger partial charge is 0.0624 e. The third-order valence-electron chi connectivity index (χ3n) is 4.92. The average Bonchev–Trinajstić information content (AvgIpc) is 2.42. The lowest BCUT2D eigenvalue weighted by molar-refractivity contribution is 0.0504. The Labute approximate surface area is 94.9 Å². The minimum absolute atomic E-state index is 0.388. The summed E-state index contributed by atoms with van der Waals surface area (Å²) in [5, 5.41) is 8.96. The van der Waals surface area contributed by atoms with Gasteiger partial charge in [-0.2, -0.15) is 5.26 Å². The lowest BCUT2D eigenvalue weighted by atomic mass is 9.60. The predicted octanol–water partition coefficient (Wildman–Crippen LogP) is 4.53. The molecule has 1 fully saturated rings. The molecule has 0 radical (unpaired) electrons. The molecule has 86 valence electrons. The number of rotatable bonds is 4. The Morgan fingerprint density at radius 1 is 1.27 bits per heavy atom. The van der Waals surface area contributed by atoms with Crippen molar-refractivity contribution in [1.29, 1.82) is 5.26 Å². The van der Waals surface area contributed by atoms with Crippen LogP contribution in [0.2, 0.25) is 0 Å². The van der Waals surface area contributed by atoms with Gasteiger partial charge in [0, 0.05) is 6.42 Å². The normalized spacial score (nSPS) is 31.1. The Kier molecular flexibility index (Phi) is 3.82. The Morgan fingerprint density at radius 3 is 2.33 bits per heavy atom. The van der Waals surface area contributed by atoms with Crippen molar-refractivity contribution in [3.05, 3.63) is 0 Å². The van der Waals surface area contributed by atoms with Crippen LogP contribution in [0.1, 0.15) is 66.2 Å². The molecule has 0 aromatic heterocycles. The molecule has 15 heavy (non-hydrogen) atoms. The topological polar surface area (TPSA) is 23.8 Å². The van der Waals surface area contributed by atoms with Crippen LogP contribution in [0.15, 0.2) is 0 Å². The van der Waals surface area contributed by atoms with E-state index in [0.717, 1.165) is 6.42 Å². The Hall–Kier alpha value is -0.510. The van der Waals surface area contributed by atoms with Crippen molar-refractivity contribution >= 4 is 0 Å². The van der Waals surface area contributed by atoms with Crippen LogP contribution in [0.5, 0.6) is 0 Å². The van der Waals surface area contributed by atoms with Gasteiger partial charge in [-0.3, -0.25) is 0 Å². The maximum Gasteiger partial charge on any atom is 0.0624 e. The average molecular weight is 207 g/mol. The van der Waals surface area contributed by atoms with Crippen molar-refractivity contribution < 1.29 is 0 Å². The Morgan fingerprint density at radius 2 is 1.93 bits per heavy atom. The summed E-state index contributed by atoms with van der Waals surface area (Å²) in [6, 6.07) is 2.39. The van der Waals surface area contributed by atoms with E-state index in [-0.39, 0.29) is 0 Å². The summed E-state index contributed by atoms with van der Waals surface area (Å²) in [6.07, 6.45) is 7.15. The highest BCUT2D eigenvalue weighted by Crippen LogP contribution is 2.58. The highest BCUT2D eigenvalue weighted by molar-refractivity contribution is 5.00. The molecule has 2 atom stereocenters. The molecule has 1 heteroatoms. The van der Waals surface area contributed by atoms with Gasteiger partial charge in [0.05, 0.1) is 6.07 Å². The van der Waals surface area contributed by atoms with Gasteiger partial charge in [-0.1, -0.05) is 40.5 Å². The van der Waals surface area contributed by atoms with Crippen molar-refractivity contribution in [3.63, 3.8) is 0 Å². The molecule has 0 spiro atoms. The van der Waals surface area contributed by atoms with E-state index in [1.807, 2.05) is 0 Å². The first-order valence-corrected chi connectivity index (χ1v) is 6.35. The highest BCUT2D eigenvalue weighted by atomic mass is 14.5. The fourth-order valence-electron chi connectivity index (χ4n) is 3.38. The van der Waals surface area contributed by atoms with Gasteiger partial charge in [-0.15, -0.1) is 0 Å². The summed E-state index contributed by atoms with van der Waals surface area (Å²) < 4.78 is 0. The van der Waals surface area contributed by atoms with Gasteiger partial charge in [-0.25, -0.2) is 0 Å². The Balaban J connectivity index is 2.85. The van der Waals surface area contributed by atoms with E-state index in [0.29, 0.717) is 16.7 Å². The molecule has 1 aliphatic carbocycles. The second-order valence-corrected chi connectivity index (χ2v) is 6.00. The zero-order chi connectivity index (χ0) is 11.5. The standard InChI is InChI=1S/C14H25N/c1-5-7-12(8-11-15)14(4)10-6-9-13(14,2)3/h12H,5-10H2,1-4H3. The van der Waals surface area contributed by atoms with Crippen molar-refractivity contribution in [1.82, 2.24) is 0 Å². The predicted molar refractivity (Wildman–Crippen MR) is 64.4 cm³/mol. The van der Waals surface area contributed by atoms with Crippen LogP contribution in [0.25, 0.3) is 0 Å². The van der Waals surface area contributed by atoms with Gasteiger partial charge in [-0.05, 0) is 36.0 Å². The summed E-state index contributed by atoms with van der Waals surface area (Å²) in [5.41, 5.74) is 0.808. The van der Waals surface area contributed by atoms with Crippen LogP contribution < -0.4 is 0 Å². The van der Waals surface area contributed by atoms with Gasteiger partial charge in [0.1, 0.15) is 0 Å². The molecule has 0 saturated heterocycles. The first-order chi connectivity index (χ1) is 6.98. The van der Waals surface area contributed by atoms with Crippen LogP contribution in [-0.2, 0) is 0 Å². The van der Waals surface area contributed by atoms with E-state index in [4.69, 9.17) is 5.26 Å². The van der Waals surface area contributed by atoms with E-state index in [9.17, 15) is 0 Å². The van der Waals surface area contributed by atoms with E-state index in [1.54, 1.807) is 0 Å². The first-order valence-electron chi connectivity index (χ1n) is 6.35. The largest absolute Gasteiger partial charge is 0.198 e. The molecule has 0 N–H and O–H groups in total. The third kappa shape index (κ3) is 2.19. The number of nitriles is 1. The van der Waals surface area contributed by atoms with Gasteiger partial charge in [0.25, 0.3) is 0 Å². The molecule has 1 rings (SSSR count). The lowest BCUT2D eigenvalue weighted by Crippen LogP contribution is -2.37. The SMILES string of the molecule is CCCC(CC#N)C1(C)CCCC1(C)C.